The van der Waals surface area contributed by atoms with E-state index in [1.807, 2.05) is 20.8 Å². The largest absolute Gasteiger partial charge is 0.610 e. The maximum atomic E-state index is 12.0. The van der Waals surface area contributed by atoms with Crippen LogP contribution in [-0.2, 0) is 11.2 Å². The second-order valence-electron chi connectivity index (χ2n) is 4.39. The maximum Gasteiger partial charge on any atom is 0.336 e. The van der Waals surface area contributed by atoms with Crippen molar-refractivity contribution in [2.75, 3.05) is 11.1 Å². The van der Waals surface area contributed by atoms with Gasteiger partial charge < -0.3 is 15.0 Å². The molecular weight excluding hydrogens is 264 g/mol. The lowest BCUT2D eigenvalue weighted by molar-refractivity contribution is 0.0696. The van der Waals surface area contributed by atoms with Crippen molar-refractivity contribution in [3.8, 4) is 0 Å². The summed E-state index contributed by atoms with van der Waals surface area (Å²) in [5, 5.41) is 12.5. The molecule has 106 valence electrons. The van der Waals surface area contributed by atoms with Crippen LogP contribution in [0.2, 0.25) is 0 Å². The number of carboxylic acid groups (broad SMARTS) is 1. The van der Waals surface area contributed by atoms with Crippen LogP contribution in [0, 0.1) is 0 Å². The Labute approximate surface area is 116 Å². The van der Waals surface area contributed by atoms with Crippen LogP contribution in [0.4, 0.5) is 5.82 Å². The van der Waals surface area contributed by atoms with Gasteiger partial charge in [-0.3, -0.25) is 0 Å². The first-order valence-electron chi connectivity index (χ1n) is 6.38. The van der Waals surface area contributed by atoms with Crippen molar-refractivity contribution in [1.29, 1.82) is 0 Å². The molecular formula is C13H20N2O3S. The standard InChI is InChI=1S/C13H20N2O3S/c1-4-6-19(18)12-8-10(13(16)17)7-11(15-12)14-9(3)5-2/h7-9H,4-6H2,1-3H3,(H,14,15)(H,16,17). The third kappa shape index (κ3) is 4.72. The summed E-state index contributed by atoms with van der Waals surface area (Å²) in [5.41, 5.74) is 0.111. The molecule has 2 unspecified atom stereocenters. The van der Waals surface area contributed by atoms with Crippen molar-refractivity contribution in [2.24, 2.45) is 0 Å². The molecule has 0 aliphatic carbocycles. The van der Waals surface area contributed by atoms with Crippen molar-refractivity contribution in [3.05, 3.63) is 17.7 Å². The summed E-state index contributed by atoms with van der Waals surface area (Å²) in [7, 11) is 0. The summed E-state index contributed by atoms with van der Waals surface area (Å²) in [6.07, 6.45) is 1.66. The van der Waals surface area contributed by atoms with E-state index in [4.69, 9.17) is 5.11 Å². The number of hydrogen-bond acceptors (Lipinski definition) is 4. The predicted octanol–water partition coefficient (Wildman–Crippen LogP) is 2.51. The monoisotopic (exact) mass is 284 g/mol. The van der Waals surface area contributed by atoms with Crippen LogP contribution in [0.1, 0.15) is 44.0 Å². The number of carbonyl (C=O) groups is 1. The Bertz CT molecular complexity index is 440. The van der Waals surface area contributed by atoms with E-state index in [1.165, 1.54) is 12.1 Å². The van der Waals surface area contributed by atoms with E-state index in [1.54, 1.807) is 0 Å². The van der Waals surface area contributed by atoms with Gasteiger partial charge in [0.1, 0.15) is 11.6 Å². The minimum atomic E-state index is -1.25. The maximum absolute atomic E-state index is 12.0. The van der Waals surface area contributed by atoms with E-state index in [9.17, 15) is 9.35 Å². The van der Waals surface area contributed by atoms with Gasteiger partial charge in [-0.1, -0.05) is 13.8 Å². The second kappa shape index (κ2) is 7.35. The fourth-order valence-electron chi connectivity index (χ4n) is 1.46. The number of aromatic carboxylic acids is 1. The molecule has 0 radical (unpaired) electrons. The van der Waals surface area contributed by atoms with Crippen molar-refractivity contribution in [1.82, 2.24) is 4.98 Å². The van der Waals surface area contributed by atoms with Gasteiger partial charge in [0.25, 0.3) is 0 Å². The zero-order valence-electron chi connectivity index (χ0n) is 11.5. The van der Waals surface area contributed by atoms with Gasteiger partial charge >= 0.3 is 5.97 Å². The highest BCUT2D eigenvalue weighted by Crippen LogP contribution is 2.17. The Hall–Kier alpha value is -1.27. The highest BCUT2D eigenvalue weighted by Gasteiger charge is 2.17. The minimum Gasteiger partial charge on any atom is -0.610 e. The first-order chi connectivity index (χ1) is 8.97. The van der Waals surface area contributed by atoms with Gasteiger partial charge in [-0.25, -0.2) is 4.79 Å². The quantitative estimate of drug-likeness (QED) is 0.751. The molecule has 2 atom stereocenters. The van der Waals surface area contributed by atoms with Gasteiger partial charge in [0.15, 0.2) is 0 Å². The van der Waals surface area contributed by atoms with Gasteiger partial charge in [0.2, 0.25) is 5.03 Å². The highest BCUT2D eigenvalue weighted by molar-refractivity contribution is 7.91. The van der Waals surface area contributed by atoms with E-state index >= 15 is 0 Å². The average Bonchev–Trinajstić information content (AvgIpc) is 2.38. The Kier molecular flexibility index (Phi) is 6.11. The van der Waals surface area contributed by atoms with Crippen molar-refractivity contribution in [3.63, 3.8) is 0 Å². The summed E-state index contributed by atoms with van der Waals surface area (Å²) in [5.74, 6) is -0.0863. The lowest BCUT2D eigenvalue weighted by Gasteiger charge is -2.15. The topological polar surface area (TPSA) is 85.3 Å². The lowest BCUT2D eigenvalue weighted by atomic mass is 10.2. The molecule has 5 nitrogen and oxygen atoms in total. The molecule has 2 N–H and O–H groups in total. The SMILES string of the molecule is CCC[S+]([O-])c1cc(C(=O)O)cc(NC(C)CC)n1. The molecule has 0 amide bonds. The third-order valence-corrected chi connectivity index (χ3v) is 4.13. The normalized spacial score (nSPS) is 13.9. The summed E-state index contributed by atoms with van der Waals surface area (Å²) in [4.78, 5) is 15.3. The molecule has 1 heterocycles. The average molecular weight is 284 g/mol. The molecule has 0 aliphatic heterocycles. The Morgan fingerprint density at radius 3 is 2.74 bits per heavy atom. The van der Waals surface area contributed by atoms with Crippen molar-refractivity contribution >= 4 is 23.0 Å². The molecule has 0 bridgehead atoms. The summed E-state index contributed by atoms with van der Waals surface area (Å²) < 4.78 is 12.0. The molecule has 0 aliphatic rings. The van der Waals surface area contributed by atoms with E-state index in [2.05, 4.69) is 10.3 Å². The smallest absolute Gasteiger partial charge is 0.336 e. The Morgan fingerprint density at radius 1 is 1.53 bits per heavy atom. The van der Waals surface area contributed by atoms with Crippen LogP contribution in [-0.4, -0.2) is 32.4 Å². The van der Waals surface area contributed by atoms with Crippen LogP contribution in [0.3, 0.4) is 0 Å². The molecule has 0 aromatic carbocycles. The van der Waals surface area contributed by atoms with Crippen LogP contribution < -0.4 is 5.32 Å². The summed E-state index contributed by atoms with van der Waals surface area (Å²) in [6, 6.07) is 3.04. The number of rotatable bonds is 7. The first kappa shape index (κ1) is 15.8. The van der Waals surface area contributed by atoms with Crippen LogP contribution >= 0.6 is 0 Å². The third-order valence-electron chi connectivity index (χ3n) is 2.68. The van der Waals surface area contributed by atoms with Crippen LogP contribution in [0.5, 0.6) is 0 Å². The van der Waals surface area contributed by atoms with E-state index in [-0.39, 0.29) is 11.6 Å². The molecule has 1 aromatic rings. The van der Waals surface area contributed by atoms with Crippen molar-refractivity contribution < 1.29 is 14.5 Å². The molecule has 0 saturated carbocycles. The van der Waals surface area contributed by atoms with Gasteiger partial charge in [-0.05, 0) is 25.8 Å². The number of carboxylic acids is 1. The van der Waals surface area contributed by atoms with Gasteiger partial charge in [0, 0.05) is 23.3 Å². The molecule has 1 aromatic heterocycles. The Balaban J connectivity index is 3.06. The van der Waals surface area contributed by atoms with E-state index < -0.39 is 17.1 Å². The Morgan fingerprint density at radius 2 is 2.21 bits per heavy atom. The fraction of sp³-hybridized carbons (Fsp3) is 0.538. The number of nitrogens with one attached hydrogen (secondary N) is 1. The number of nitrogens with zero attached hydrogens (tertiary/aromatic N) is 1. The highest BCUT2D eigenvalue weighted by atomic mass is 32.2. The molecule has 1 rings (SSSR count). The van der Waals surface area contributed by atoms with Crippen LogP contribution in [0.15, 0.2) is 17.2 Å². The van der Waals surface area contributed by atoms with Gasteiger partial charge in [-0.15, -0.1) is 0 Å². The molecule has 6 heteroatoms. The molecule has 0 saturated heterocycles. The summed E-state index contributed by atoms with van der Waals surface area (Å²) in [6.45, 7) is 5.93. The number of aromatic nitrogens is 1. The first-order valence-corrected chi connectivity index (χ1v) is 7.70. The lowest BCUT2D eigenvalue weighted by Crippen LogP contribution is -2.17. The zero-order chi connectivity index (χ0) is 14.4. The minimum absolute atomic E-state index is 0.111. The number of pyridine rings is 1. The van der Waals surface area contributed by atoms with Crippen molar-refractivity contribution in [2.45, 2.75) is 44.7 Å². The van der Waals surface area contributed by atoms with Gasteiger partial charge in [0.05, 0.1) is 5.56 Å². The van der Waals surface area contributed by atoms with Gasteiger partial charge in [-0.2, -0.15) is 4.98 Å². The number of hydrogen-bond donors (Lipinski definition) is 2. The summed E-state index contributed by atoms with van der Waals surface area (Å²) >= 11 is -1.25. The molecule has 0 spiro atoms. The van der Waals surface area contributed by atoms with Crippen LogP contribution in [0.25, 0.3) is 0 Å². The fourth-order valence-corrected chi connectivity index (χ4v) is 2.50. The molecule has 19 heavy (non-hydrogen) atoms. The van der Waals surface area contributed by atoms with E-state index in [0.29, 0.717) is 16.6 Å². The zero-order valence-corrected chi connectivity index (χ0v) is 12.3. The molecule has 0 fully saturated rings. The number of anilines is 1. The second-order valence-corrected chi connectivity index (χ2v) is 5.91. The predicted molar refractivity (Wildman–Crippen MR) is 76.1 cm³/mol. The van der Waals surface area contributed by atoms with E-state index in [0.717, 1.165) is 12.8 Å².